The van der Waals surface area contributed by atoms with Crippen molar-refractivity contribution in [1.29, 1.82) is 0 Å². The summed E-state index contributed by atoms with van der Waals surface area (Å²) in [5, 5.41) is 0. The van der Waals surface area contributed by atoms with E-state index in [2.05, 4.69) is 37.2 Å². The minimum absolute atomic E-state index is 0.132. The topological polar surface area (TPSA) is 34.1 Å². The van der Waals surface area contributed by atoms with Crippen molar-refractivity contribution in [2.45, 2.75) is 51.6 Å². The Kier molecular flexibility index (Phi) is 7.36. The monoisotopic (exact) mass is 292 g/mol. The third-order valence-electron chi connectivity index (χ3n) is 3.33. The molecule has 0 radical (unpaired) electrons. The fourth-order valence-electron chi connectivity index (χ4n) is 2.28. The van der Waals surface area contributed by atoms with E-state index in [1.165, 1.54) is 0 Å². The molecule has 1 rings (SSSR count). The number of rotatable bonds is 6. The van der Waals surface area contributed by atoms with Crippen LogP contribution in [-0.4, -0.2) is 50.6 Å². The molecule has 5 heteroatoms. The van der Waals surface area contributed by atoms with Crippen LogP contribution < -0.4 is 0 Å². The third-order valence-corrected chi connectivity index (χ3v) is 3.33. The molecule has 1 fully saturated rings. The lowest BCUT2D eigenvalue weighted by Gasteiger charge is -2.25. The van der Waals surface area contributed by atoms with Crippen LogP contribution in [0.1, 0.15) is 33.6 Å². The summed E-state index contributed by atoms with van der Waals surface area (Å²) in [6, 6.07) is 0. The van der Waals surface area contributed by atoms with Gasteiger partial charge in [-0.15, -0.1) is 0 Å². The van der Waals surface area contributed by atoms with Crippen molar-refractivity contribution in [2.75, 3.05) is 20.6 Å². The molecule has 0 saturated carbocycles. The van der Waals surface area contributed by atoms with Gasteiger partial charge in [0, 0.05) is 30.8 Å². The van der Waals surface area contributed by atoms with E-state index in [4.69, 9.17) is 9.31 Å². The third kappa shape index (κ3) is 7.60. The highest BCUT2D eigenvalue weighted by Gasteiger charge is 2.33. The van der Waals surface area contributed by atoms with E-state index in [1.54, 1.807) is 6.08 Å². The van der Waals surface area contributed by atoms with Gasteiger partial charge in [-0.25, -0.2) is 0 Å². The molecule has 21 heavy (non-hydrogen) atoms. The average molecular weight is 292 g/mol. The first-order valence-corrected chi connectivity index (χ1v) is 7.64. The molecule has 118 valence electrons. The molecule has 0 amide bonds. The van der Waals surface area contributed by atoms with Crippen LogP contribution in [0.3, 0.4) is 0 Å². The van der Waals surface area contributed by atoms with E-state index >= 15 is 0 Å². The van der Waals surface area contributed by atoms with Crippen LogP contribution in [0, 0.1) is 0 Å². The summed E-state index contributed by atoms with van der Waals surface area (Å²) in [5.41, 5.74) is 0.850. The van der Waals surface area contributed by atoms with E-state index in [0.29, 0.717) is 6.32 Å². The molecule has 0 aromatic carbocycles. The second-order valence-corrected chi connectivity index (χ2v) is 6.47. The SMILES string of the molecule is C=C/C=C(/CN(C)C)N=CCB1OC(C)CCC(C)(C)O1. The summed E-state index contributed by atoms with van der Waals surface area (Å²) in [7, 11) is 3.83. The van der Waals surface area contributed by atoms with Crippen molar-refractivity contribution in [3.63, 3.8) is 0 Å². The Morgan fingerprint density at radius 1 is 1.48 bits per heavy atom. The fraction of sp³-hybridized carbons (Fsp3) is 0.688. The fourth-order valence-corrected chi connectivity index (χ4v) is 2.28. The Morgan fingerprint density at radius 2 is 2.19 bits per heavy atom. The van der Waals surface area contributed by atoms with Crippen LogP contribution in [0.2, 0.25) is 6.32 Å². The van der Waals surface area contributed by atoms with Gasteiger partial charge in [0.25, 0.3) is 0 Å². The maximum atomic E-state index is 6.03. The zero-order valence-corrected chi connectivity index (χ0v) is 14.1. The lowest BCUT2D eigenvalue weighted by atomic mass is 9.84. The Morgan fingerprint density at radius 3 is 2.81 bits per heavy atom. The minimum Gasteiger partial charge on any atom is -0.408 e. The number of likely N-dealkylation sites (N-methyl/N-ethyl adjacent to an activating group) is 1. The van der Waals surface area contributed by atoms with Crippen molar-refractivity contribution >= 4 is 13.3 Å². The minimum atomic E-state index is -0.217. The van der Waals surface area contributed by atoms with Gasteiger partial charge in [-0.3, -0.25) is 4.99 Å². The highest BCUT2D eigenvalue weighted by atomic mass is 16.6. The molecule has 0 aromatic heterocycles. The summed E-state index contributed by atoms with van der Waals surface area (Å²) in [6.45, 7) is 10.9. The Bertz CT molecular complexity index is 392. The summed E-state index contributed by atoms with van der Waals surface area (Å²) in [5.74, 6) is 0. The van der Waals surface area contributed by atoms with Crippen molar-refractivity contribution in [1.82, 2.24) is 4.90 Å². The first-order valence-electron chi connectivity index (χ1n) is 7.64. The molecular weight excluding hydrogens is 263 g/mol. The van der Waals surface area contributed by atoms with E-state index in [9.17, 15) is 0 Å². The van der Waals surface area contributed by atoms with Gasteiger partial charge in [0.05, 0.1) is 5.70 Å². The lowest BCUT2D eigenvalue weighted by molar-refractivity contribution is 0.0837. The molecule has 0 bridgehead atoms. The van der Waals surface area contributed by atoms with E-state index < -0.39 is 0 Å². The second kappa shape index (κ2) is 8.52. The van der Waals surface area contributed by atoms with Gasteiger partial charge < -0.3 is 14.2 Å². The second-order valence-electron chi connectivity index (χ2n) is 6.47. The van der Waals surface area contributed by atoms with Crippen LogP contribution in [0.4, 0.5) is 0 Å². The smallest absolute Gasteiger partial charge is 0.408 e. The molecule has 1 saturated heterocycles. The molecule has 0 aliphatic carbocycles. The van der Waals surface area contributed by atoms with E-state index in [0.717, 1.165) is 25.1 Å². The number of hydrogen-bond donors (Lipinski definition) is 0. The average Bonchev–Trinajstić information content (AvgIpc) is 2.47. The van der Waals surface area contributed by atoms with Gasteiger partial charge in [0.15, 0.2) is 0 Å². The molecule has 1 aliphatic rings. The zero-order valence-electron chi connectivity index (χ0n) is 14.1. The Balaban J connectivity index is 2.60. The predicted molar refractivity (Wildman–Crippen MR) is 90.8 cm³/mol. The Labute approximate surface area is 130 Å². The van der Waals surface area contributed by atoms with Crippen LogP contribution >= 0.6 is 0 Å². The quantitative estimate of drug-likeness (QED) is 0.428. The van der Waals surface area contributed by atoms with Gasteiger partial charge in [-0.2, -0.15) is 0 Å². The first-order chi connectivity index (χ1) is 9.82. The van der Waals surface area contributed by atoms with Gasteiger partial charge in [-0.1, -0.05) is 12.7 Å². The summed E-state index contributed by atoms with van der Waals surface area (Å²) < 4.78 is 11.9. The number of allylic oxidation sites excluding steroid dienone is 2. The molecule has 0 spiro atoms. The molecule has 0 aromatic rings. The maximum absolute atomic E-state index is 6.03. The van der Waals surface area contributed by atoms with Crippen molar-refractivity contribution in [3.05, 3.63) is 24.4 Å². The van der Waals surface area contributed by atoms with Crippen LogP contribution in [-0.2, 0) is 9.31 Å². The summed E-state index contributed by atoms with van der Waals surface area (Å²) >= 11 is 0. The van der Waals surface area contributed by atoms with E-state index in [-0.39, 0.29) is 18.8 Å². The first kappa shape index (κ1) is 18.1. The lowest BCUT2D eigenvalue weighted by Crippen LogP contribution is -2.33. The predicted octanol–water partition coefficient (Wildman–Crippen LogP) is 3.17. The Hall–Kier alpha value is -0.905. The molecule has 4 nitrogen and oxygen atoms in total. The normalized spacial score (nSPS) is 23.6. The molecular formula is C16H29BN2O2. The zero-order chi connectivity index (χ0) is 15.9. The summed E-state index contributed by atoms with van der Waals surface area (Å²) in [6.07, 6.45) is 8.52. The van der Waals surface area contributed by atoms with Gasteiger partial charge in [0.1, 0.15) is 0 Å². The number of aliphatic imine (C=N–C) groups is 1. The highest BCUT2D eigenvalue weighted by Crippen LogP contribution is 2.25. The van der Waals surface area contributed by atoms with Gasteiger partial charge in [-0.05, 0) is 53.8 Å². The highest BCUT2D eigenvalue weighted by molar-refractivity contribution is 6.48. The standard InChI is InChI=1S/C16H29BN2O2/c1-7-8-15(13-19(5)6)18-12-11-17-20-14(2)9-10-16(3,4)21-17/h7-8,12,14H,1,9-11,13H2,2-6H3/b15-8-,18-12?. The number of hydrogen-bond acceptors (Lipinski definition) is 4. The van der Waals surface area contributed by atoms with Crippen molar-refractivity contribution in [2.24, 2.45) is 4.99 Å². The van der Waals surface area contributed by atoms with Crippen LogP contribution in [0.5, 0.6) is 0 Å². The summed E-state index contributed by atoms with van der Waals surface area (Å²) in [4.78, 5) is 6.59. The van der Waals surface area contributed by atoms with Crippen LogP contribution in [0.15, 0.2) is 29.4 Å². The largest absolute Gasteiger partial charge is 0.463 e. The van der Waals surface area contributed by atoms with E-state index in [1.807, 2.05) is 26.4 Å². The molecule has 1 atom stereocenters. The molecule has 0 N–H and O–H groups in total. The maximum Gasteiger partial charge on any atom is 0.463 e. The van der Waals surface area contributed by atoms with Crippen molar-refractivity contribution < 1.29 is 9.31 Å². The molecule has 1 heterocycles. The van der Waals surface area contributed by atoms with Crippen LogP contribution in [0.25, 0.3) is 0 Å². The number of nitrogens with zero attached hydrogens (tertiary/aromatic N) is 2. The molecule has 1 aliphatic heterocycles. The van der Waals surface area contributed by atoms with Gasteiger partial charge >= 0.3 is 7.12 Å². The van der Waals surface area contributed by atoms with Gasteiger partial charge in [0.2, 0.25) is 0 Å². The molecule has 1 unspecified atom stereocenters. The van der Waals surface area contributed by atoms with Crippen molar-refractivity contribution in [3.8, 4) is 0 Å².